The van der Waals surface area contributed by atoms with Crippen LogP contribution in [-0.2, 0) is 32.1 Å². The zero-order valence-electron chi connectivity index (χ0n) is 33.1. The van der Waals surface area contributed by atoms with E-state index in [1.807, 2.05) is 116 Å². The zero-order chi connectivity index (χ0) is 39.9. The lowest BCUT2D eigenvalue weighted by molar-refractivity contribution is 0.454. The monoisotopic (exact) mass is 736 g/mol. The second-order valence-corrected chi connectivity index (χ2v) is 15.6. The average Bonchev–Trinajstić information content (AvgIpc) is 3.12. The van der Waals surface area contributed by atoms with Crippen LogP contribution in [0.4, 0.5) is 0 Å². The van der Waals surface area contributed by atoms with Gasteiger partial charge in [-0.3, -0.25) is 0 Å². The highest BCUT2D eigenvalue weighted by Gasteiger charge is 2.21. The fraction of sp³-hybridized carbons (Fsp3) is 0.265. The number of rotatable bonds is 10. The van der Waals surface area contributed by atoms with Gasteiger partial charge >= 0.3 is 0 Å². The van der Waals surface area contributed by atoms with Crippen LogP contribution in [0.5, 0.6) is 34.5 Å². The Kier molecular flexibility index (Phi) is 10.9. The third-order valence-electron chi connectivity index (χ3n) is 11.2. The van der Waals surface area contributed by atoms with Crippen molar-refractivity contribution in [2.45, 2.75) is 87.5 Å². The van der Waals surface area contributed by atoms with Crippen molar-refractivity contribution in [2.24, 2.45) is 0 Å². The van der Waals surface area contributed by atoms with Gasteiger partial charge in [-0.1, -0.05) is 71.8 Å². The van der Waals surface area contributed by atoms with Crippen molar-refractivity contribution >= 4 is 0 Å². The summed E-state index contributed by atoms with van der Waals surface area (Å²) < 4.78 is 0. The molecule has 6 N–H and O–H groups in total. The zero-order valence-corrected chi connectivity index (χ0v) is 33.1. The molecule has 0 heterocycles. The van der Waals surface area contributed by atoms with E-state index in [1.54, 1.807) is 12.1 Å². The molecule has 0 spiro atoms. The molecule has 6 heteroatoms. The predicted molar refractivity (Wildman–Crippen MR) is 221 cm³/mol. The molecule has 0 atom stereocenters. The number of aryl methyl sites for hydroxylation is 6. The molecule has 0 saturated heterocycles. The standard InChI is InChI=1S/C49H52O6/c1-26-9-11-34(44(50)17-26)21-38-13-28(3)15-40(48(38)54)24-42-32(7)36(19-30(5)46(42)52)23-37-20-31(6)47(53)43(33(37)8)25-41-16-29(4)14-39(49(41)55)22-35-12-10-27(2)18-45(35)51/h9-20,50-55H,21-25H2,1-8H3. The van der Waals surface area contributed by atoms with Gasteiger partial charge in [-0.2, -0.15) is 0 Å². The van der Waals surface area contributed by atoms with E-state index >= 15 is 0 Å². The minimum Gasteiger partial charge on any atom is -0.508 e. The molecule has 284 valence electrons. The minimum absolute atomic E-state index is 0.153. The number of hydrogen-bond donors (Lipinski definition) is 6. The van der Waals surface area contributed by atoms with Crippen LogP contribution in [0, 0.1) is 55.4 Å². The first-order valence-corrected chi connectivity index (χ1v) is 18.8. The molecule has 6 rings (SSSR count). The summed E-state index contributed by atoms with van der Waals surface area (Å²) in [4.78, 5) is 0. The summed E-state index contributed by atoms with van der Waals surface area (Å²) in [6, 6.07) is 22.9. The first kappa shape index (κ1) is 38.8. The van der Waals surface area contributed by atoms with Gasteiger partial charge in [0.05, 0.1) is 0 Å². The first-order valence-electron chi connectivity index (χ1n) is 18.8. The fourth-order valence-corrected chi connectivity index (χ4v) is 7.95. The summed E-state index contributed by atoms with van der Waals surface area (Å²) in [6.45, 7) is 15.6. The van der Waals surface area contributed by atoms with Gasteiger partial charge in [-0.15, -0.1) is 0 Å². The average molecular weight is 737 g/mol. The smallest absolute Gasteiger partial charge is 0.122 e. The van der Waals surface area contributed by atoms with Gasteiger partial charge in [0.25, 0.3) is 0 Å². The van der Waals surface area contributed by atoms with Gasteiger partial charge in [0.2, 0.25) is 0 Å². The van der Waals surface area contributed by atoms with Gasteiger partial charge in [0.1, 0.15) is 34.5 Å². The molecule has 0 aliphatic rings. The van der Waals surface area contributed by atoms with E-state index in [1.165, 1.54) is 0 Å². The molecule has 0 fully saturated rings. The van der Waals surface area contributed by atoms with Crippen molar-refractivity contribution in [1.82, 2.24) is 0 Å². The van der Waals surface area contributed by atoms with E-state index in [0.29, 0.717) is 54.4 Å². The topological polar surface area (TPSA) is 121 Å². The van der Waals surface area contributed by atoms with Crippen LogP contribution in [0.25, 0.3) is 0 Å². The molecular formula is C49H52O6. The van der Waals surface area contributed by atoms with Gasteiger partial charge in [0.15, 0.2) is 0 Å². The molecule has 0 aromatic heterocycles. The first-order chi connectivity index (χ1) is 26.0. The van der Waals surface area contributed by atoms with E-state index < -0.39 is 0 Å². The maximum absolute atomic E-state index is 11.5. The molecular weight excluding hydrogens is 685 g/mol. The Hall–Kier alpha value is -5.88. The van der Waals surface area contributed by atoms with Crippen molar-refractivity contribution < 1.29 is 30.6 Å². The highest BCUT2D eigenvalue weighted by atomic mass is 16.3. The SMILES string of the molecule is Cc1ccc(Cc2cc(C)cc(Cc3c(C)c(Cc4cc(C)c(O)c(Cc5cc(C)cc(Cc6ccc(C)cc6O)c5O)c4C)cc(C)c3O)c2O)c(O)c1. The Balaban J connectivity index is 1.33. The van der Waals surface area contributed by atoms with Crippen LogP contribution >= 0.6 is 0 Å². The summed E-state index contributed by atoms with van der Waals surface area (Å²) in [7, 11) is 0. The number of phenols is 6. The molecule has 55 heavy (non-hydrogen) atoms. The van der Waals surface area contributed by atoms with Crippen LogP contribution in [0.2, 0.25) is 0 Å². The van der Waals surface area contributed by atoms with Crippen LogP contribution < -0.4 is 0 Å². The highest BCUT2D eigenvalue weighted by molar-refractivity contribution is 5.59. The summed E-state index contributed by atoms with van der Waals surface area (Å²) >= 11 is 0. The third kappa shape index (κ3) is 8.14. The molecule has 6 nitrogen and oxygen atoms in total. The van der Waals surface area contributed by atoms with Crippen molar-refractivity contribution in [3.05, 3.63) is 173 Å². The molecule has 0 saturated carbocycles. The Labute approximate surface area is 324 Å². The molecule has 0 amide bonds. The van der Waals surface area contributed by atoms with E-state index in [2.05, 4.69) is 0 Å². The third-order valence-corrected chi connectivity index (χ3v) is 11.2. The lowest BCUT2D eigenvalue weighted by Gasteiger charge is -2.21. The van der Waals surface area contributed by atoms with Gasteiger partial charge in [0, 0.05) is 36.8 Å². The van der Waals surface area contributed by atoms with Crippen molar-refractivity contribution in [2.75, 3.05) is 0 Å². The Morgan fingerprint density at radius 1 is 0.309 bits per heavy atom. The predicted octanol–water partition coefficient (Wildman–Crippen LogP) is 10.3. The van der Waals surface area contributed by atoms with E-state index in [-0.39, 0.29) is 34.5 Å². The van der Waals surface area contributed by atoms with Crippen LogP contribution in [0.15, 0.2) is 72.8 Å². The lowest BCUT2D eigenvalue weighted by atomic mass is 9.86. The number of hydrogen-bond acceptors (Lipinski definition) is 6. The van der Waals surface area contributed by atoms with E-state index in [9.17, 15) is 30.6 Å². The Morgan fingerprint density at radius 2 is 0.636 bits per heavy atom. The van der Waals surface area contributed by atoms with Crippen molar-refractivity contribution in [3.8, 4) is 34.5 Å². The van der Waals surface area contributed by atoms with Gasteiger partial charge in [-0.05, 0) is 152 Å². The fourth-order valence-electron chi connectivity index (χ4n) is 7.95. The quantitative estimate of drug-likeness (QED) is 0.0833. The van der Waals surface area contributed by atoms with Gasteiger partial charge < -0.3 is 30.6 Å². The van der Waals surface area contributed by atoms with E-state index in [0.717, 1.165) is 77.9 Å². The number of benzene rings is 6. The van der Waals surface area contributed by atoms with E-state index in [4.69, 9.17) is 0 Å². The van der Waals surface area contributed by atoms with Gasteiger partial charge in [-0.25, -0.2) is 0 Å². The van der Waals surface area contributed by atoms with Crippen LogP contribution in [0.3, 0.4) is 0 Å². The maximum Gasteiger partial charge on any atom is 0.122 e. The van der Waals surface area contributed by atoms with Crippen LogP contribution in [-0.4, -0.2) is 30.6 Å². The maximum atomic E-state index is 11.5. The highest BCUT2D eigenvalue weighted by Crippen LogP contribution is 2.39. The normalized spacial score (nSPS) is 11.3. The van der Waals surface area contributed by atoms with Crippen LogP contribution in [0.1, 0.15) is 100 Å². The molecule has 6 aromatic carbocycles. The minimum atomic E-state index is 0.153. The number of phenolic OH excluding ortho intramolecular Hbond substituents is 6. The molecule has 0 unspecified atom stereocenters. The van der Waals surface area contributed by atoms with Crippen molar-refractivity contribution in [3.63, 3.8) is 0 Å². The second kappa shape index (κ2) is 15.5. The summed E-state index contributed by atoms with van der Waals surface area (Å²) in [6.07, 6.45) is 1.93. The molecule has 0 bridgehead atoms. The van der Waals surface area contributed by atoms with Crippen molar-refractivity contribution in [1.29, 1.82) is 0 Å². The Morgan fingerprint density at radius 3 is 0.982 bits per heavy atom. The Bertz CT molecular complexity index is 2280. The number of aromatic hydroxyl groups is 6. The summed E-state index contributed by atoms with van der Waals surface area (Å²) in [5.41, 5.74) is 15.0. The molecule has 6 aromatic rings. The summed E-state index contributed by atoms with van der Waals surface area (Å²) in [5.74, 6) is 1.09. The molecule has 0 aliphatic heterocycles. The lowest BCUT2D eigenvalue weighted by Crippen LogP contribution is -2.05. The largest absolute Gasteiger partial charge is 0.508 e. The summed E-state index contributed by atoms with van der Waals surface area (Å²) in [5, 5.41) is 67.0. The molecule has 0 radical (unpaired) electrons. The second-order valence-electron chi connectivity index (χ2n) is 15.6. The molecule has 0 aliphatic carbocycles.